The fourth-order valence-electron chi connectivity index (χ4n) is 9.95. The standard InChI is InChI=1S/C66H125NO5/c1-3-5-7-9-11-13-15-35-39-42-46-50-54-58-64(69)63(62-68)67-65(70)59-55-51-47-43-40-36-33-31-29-27-25-23-21-19-17-16-18-20-22-24-26-28-30-32-34-37-41-45-49-53-57-61-72-66(71)60-56-52-48-44-38-14-12-10-8-6-4-2/h10,12,18,20,24,26,63-64,68-69H,3-9,11,13-17,19,21-23,25,27-62H2,1-2H3,(H,67,70)/b12-10-,20-18-,26-24-. The van der Waals surface area contributed by atoms with Crippen molar-refractivity contribution in [1.82, 2.24) is 5.32 Å². The molecule has 0 rings (SSSR count). The summed E-state index contributed by atoms with van der Waals surface area (Å²) in [6.45, 7) is 4.92. The Hall–Kier alpha value is -1.92. The molecule has 3 N–H and O–H groups in total. The van der Waals surface area contributed by atoms with E-state index in [-0.39, 0.29) is 18.5 Å². The van der Waals surface area contributed by atoms with Crippen LogP contribution in [0.1, 0.15) is 348 Å². The molecule has 2 atom stereocenters. The van der Waals surface area contributed by atoms with Crippen molar-refractivity contribution in [2.24, 2.45) is 0 Å². The predicted octanol–water partition coefficient (Wildman–Crippen LogP) is 20.4. The molecule has 0 fully saturated rings. The maximum Gasteiger partial charge on any atom is 0.305 e. The van der Waals surface area contributed by atoms with Crippen LogP contribution in [0.4, 0.5) is 0 Å². The summed E-state index contributed by atoms with van der Waals surface area (Å²) in [6.07, 6.45) is 77.5. The lowest BCUT2D eigenvalue weighted by molar-refractivity contribution is -0.143. The fraction of sp³-hybridized carbons (Fsp3) is 0.879. The zero-order valence-electron chi connectivity index (χ0n) is 48.4. The number of aliphatic hydroxyl groups is 2. The molecule has 2 unspecified atom stereocenters. The first kappa shape index (κ1) is 70.1. The van der Waals surface area contributed by atoms with Crippen molar-refractivity contribution in [1.29, 1.82) is 0 Å². The Morgan fingerprint density at radius 1 is 0.389 bits per heavy atom. The largest absolute Gasteiger partial charge is 0.466 e. The zero-order valence-corrected chi connectivity index (χ0v) is 48.4. The van der Waals surface area contributed by atoms with E-state index in [9.17, 15) is 19.8 Å². The number of allylic oxidation sites excluding steroid dienone is 6. The van der Waals surface area contributed by atoms with Crippen molar-refractivity contribution in [2.75, 3.05) is 13.2 Å². The van der Waals surface area contributed by atoms with Crippen LogP contribution in [-0.4, -0.2) is 47.4 Å². The van der Waals surface area contributed by atoms with Crippen LogP contribution in [-0.2, 0) is 14.3 Å². The van der Waals surface area contributed by atoms with Crippen LogP contribution >= 0.6 is 0 Å². The minimum atomic E-state index is -0.663. The van der Waals surface area contributed by atoms with Gasteiger partial charge in [0.25, 0.3) is 0 Å². The first-order valence-electron chi connectivity index (χ1n) is 32.2. The second kappa shape index (κ2) is 61.6. The average Bonchev–Trinajstić information content (AvgIpc) is 3.38. The van der Waals surface area contributed by atoms with E-state index < -0.39 is 12.1 Å². The lowest BCUT2D eigenvalue weighted by Gasteiger charge is -2.22. The highest BCUT2D eigenvalue weighted by Gasteiger charge is 2.20. The minimum absolute atomic E-state index is 0.00198. The van der Waals surface area contributed by atoms with Crippen molar-refractivity contribution in [3.05, 3.63) is 36.5 Å². The molecule has 0 spiro atoms. The van der Waals surface area contributed by atoms with Gasteiger partial charge in [-0.15, -0.1) is 0 Å². The molecule has 0 aromatic rings. The number of esters is 1. The van der Waals surface area contributed by atoms with E-state index in [0.29, 0.717) is 25.9 Å². The highest BCUT2D eigenvalue weighted by molar-refractivity contribution is 5.76. The van der Waals surface area contributed by atoms with E-state index in [1.165, 1.54) is 263 Å². The summed E-state index contributed by atoms with van der Waals surface area (Å²) in [7, 11) is 0. The van der Waals surface area contributed by atoms with Crippen molar-refractivity contribution in [3.63, 3.8) is 0 Å². The third-order valence-corrected chi connectivity index (χ3v) is 14.9. The Morgan fingerprint density at radius 3 is 1.11 bits per heavy atom. The molecule has 0 heterocycles. The topological polar surface area (TPSA) is 95.9 Å². The summed E-state index contributed by atoms with van der Waals surface area (Å²) in [5.74, 6) is -0.0313. The Morgan fingerprint density at radius 2 is 0.708 bits per heavy atom. The quantitative estimate of drug-likeness (QED) is 0.0320. The fourth-order valence-corrected chi connectivity index (χ4v) is 9.95. The van der Waals surface area contributed by atoms with Gasteiger partial charge >= 0.3 is 5.97 Å². The van der Waals surface area contributed by atoms with Gasteiger partial charge in [-0.2, -0.15) is 0 Å². The molecule has 0 saturated heterocycles. The van der Waals surface area contributed by atoms with Crippen LogP contribution in [0.25, 0.3) is 0 Å². The van der Waals surface area contributed by atoms with Crippen LogP contribution < -0.4 is 5.32 Å². The smallest absolute Gasteiger partial charge is 0.305 e. The SMILES string of the molecule is CCCC/C=C\CCCCCCCC(=O)OCCCCCCCCCCC/C=C\C/C=C\CCCCCCCCCCCCCCCCCC(=O)NC(CO)C(O)CCCCCCCCCCCCCCC. The van der Waals surface area contributed by atoms with Gasteiger partial charge in [0.1, 0.15) is 0 Å². The van der Waals surface area contributed by atoms with Gasteiger partial charge in [0.2, 0.25) is 5.91 Å². The highest BCUT2D eigenvalue weighted by Crippen LogP contribution is 2.18. The molecule has 0 aromatic heterocycles. The summed E-state index contributed by atoms with van der Waals surface area (Å²) in [4.78, 5) is 24.5. The normalized spacial score (nSPS) is 12.8. The van der Waals surface area contributed by atoms with Crippen LogP contribution in [0.3, 0.4) is 0 Å². The molecule has 1 amide bonds. The Labute approximate surface area is 449 Å². The van der Waals surface area contributed by atoms with Gasteiger partial charge in [-0.05, 0) is 77.0 Å². The van der Waals surface area contributed by atoms with Crippen molar-refractivity contribution >= 4 is 11.9 Å². The monoisotopic (exact) mass is 1010 g/mol. The summed E-state index contributed by atoms with van der Waals surface area (Å²) in [6, 6.07) is -0.540. The Kier molecular flexibility index (Phi) is 60.0. The summed E-state index contributed by atoms with van der Waals surface area (Å²) >= 11 is 0. The highest BCUT2D eigenvalue weighted by atomic mass is 16.5. The molecule has 6 nitrogen and oxygen atoms in total. The predicted molar refractivity (Wildman–Crippen MR) is 315 cm³/mol. The molecule has 6 heteroatoms. The number of rotatable bonds is 60. The number of unbranched alkanes of at least 4 members (excludes halogenated alkanes) is 43. The number of aliphatic hydroxyl groups excluding tert-OH is 2. The minimum Gasteiger partial charge on any atom is -0.466 e. The number of hydrogen-bond acceptors (Lipinski definition) is 5. The Bertz CT molecular complexity index is 1170. The molecule has 0 aromatic carbocycles. The third-order valence-electron chi connectivity index (χ3n) is 14.9. The molecule has 0 aliphatic rings. The van der Waals surface area contributed by atoms with E-state index in [1.54, 1.807) is 0 Å². The lowest BCUT2D eigenvalue weighted by atomic mass is 10.0. The van der Waals surface area contributed by atoms with Gasteiger partial charge < -0.3 is 20.3 Å². The molecule has 0 radical (unpaired) electrons. The maximum absolute atomic E-state index is 12.5. The zero-order chi connectivity index (χ0) is 52.2. The first-order chi connectivity index (χ1) is 35.5. The second-order valence-electron chi connectivity index (χ2n) is 22.1. The molecular formula is C66H125NO5. The maximum atomic E-state index is 12.5. The number of ether oxygens (including phenoxy) is 1. The van der Waals surface area contributed by atoms with E-state index in [4.69, 9.17) is 4.74 Å². The number of hydrogen-bond donors (Lipinski definition) is 3. The first-order valence-corrected chi connectivity index (χ1v) is 32.2. The van der Waals surface area contributed by atoms with Gasteiger partial charge in [-0.25, -0.2) is 0 Å². The molecule has 0 bridgehead atoms. The summed E-state index contributed by atoms with van der Waals surface area (Å²) in [5, 5.41) is 23.3. The molecule has 0 aliphatic carbocycles. The van der Waals surface area contributed by atoms with Crippen LogP contribution in [0, 0.1) is 0 Å². The van der Waals surface area contributed by atoms with Gasteiger partial charge in [0.05, 0.1) is 25.4 Å². The van der Waals surface area contributed by atoms with Crippen LogP contribution in [0.5, 0.6) is 0 Å². The molecule has 72 heavy (non-hydrogen) atoms. The average molecular weight is 1010 g/mol. The summed E-state index contributed by atoms with van der Waals surface area (Å²) in [5.41, 5.74) is 0. The van der Waals surface area contributed by atoms with Crippen LogP contribution in [0.15, 0.2) is 36.5 Å². The number of amides is 1. The van der Waals surface area contributed by atoms with Gasteiger partial charge in [0.15, 0.2) is 0 Å². The molecule has 0 saturated carbocycles. The molecule has 0 aliphatic heterocycles. The lowest BCUT2D eigenvalue weighted by Crippen LogP contribution is -2.45. The van der Waals surface area contributed by atoms with Gasteiger partial charge in [-0.3, -0.25) is 9.59 Å². The molecule has 424 valence electrons. The third kappa shape index (κ3) is 57.4. The van der Waals surface area contributed by atoms with Gasteiger partial charge in [0, 0.05) is 12.8 Å². The number of nitrogens with one attached hydrogen (secondary N) is 1. The number of carbonyl (C=O) groups excluding carboxylic acids is 2. The van der Waals surface area contributed by atoms with Crippen molar-refractivity contribution in [3.8, 4) is 0 Å². The Balaban J connectivity index is 3.39. The second-order valence-corrected chi connectivity index (χ2v) is 22.1. The van der Waals surface area contributed by atoms with Crippen LogP contribution in [0.2, 0.25) is 0 Å². The van der Waals surface area contributed by atoms with Crippen molar-refractivity contribution < 1.29 is 24.5 Å². The van der Waals surface area contributed by atoms with E-state index >= 15 is 0 Å². The van der Waals surface area contributed by atoms with E-state index in [0.717, 1.165) is 51.4 Å². The summed E-state index contributed by atoms with van der Waals surface area (Å²) < 4.78 is 5.46. The van der Waals surface area contributed by atoms with E-state index in [2.05, 4.69) is 55.6 Å². The van der Waals surface area contributed by atoms with Crippen molar-refractivity contribution in [2.45, 2.75) is 360 Å². The number of carbonyl (C=O) groups is 2. The van der Waals surface area contributed by atoms with Gasteiger partial charge in [-0.1, -0.05) is 294 Å². The van der Waals surface area contributed by atoms with E-state index in [1.807, 2.05) is 0 Å². The molecular weight excluding hydrogens is 887 g/mol.